The van der Waals surface area contributed by atoms with Crippen LogP contribution in [0.25, 0.3) is 37.1 Å². The number of rotatable bonds is 4. The molecule has 0 spiro atoms. The van der Waals surface area contributed by atoms with Gasteiger partial charge in [-0.05, 0) is 59.2 Å². The van der Waals surface area contributed by atoms with Crippen molar-refractivity contribution in [3.63, 3.8) is 0 Å². The van der Waals surface area contributed by atoms with Crippen LogP contribution in [0.1, 0.15) is 40.3 Å². The van der Waals surface area contributed by atoms with Crippen LogP contribution in [-0.2, 0) is 20.1 Å². The Morgan fingerprint density at radius 3 is 2.63 bits per heavy atom. The smallest absolute Gasteiger partial charge is 0.113 e. The average molecular weight is 665 g/mol. The van der Waals surface area contributed by atoms with Crippen LogP contribution in [0.3, 0.4) is 0 Å². The molecule has 3 nitrogen and oxygen atoms in total. The van der Waals surface area contributed by atoms with E-state index in [4.69, 9.17) is 17.8 Å². The van der Waals surface area contributed by atoms with Crippen molar-refractivity contribution in [2.24, 2.45) is 0 Å². The molecule has 0 saturated heterocycles. The first-order valence-corrected chi connectivity index (χ1v) is 10.7. The van der Waals surface area contributed by atoms with E-state index >= 15 is 0 Å². The first-order valence-electron chi connectivity index (χ1n) is 16.4. The topological polar surface area (TPSA) is 38.7 Å². The molecule has 0 aliphatic carbocycles. The molecule has 0 amide bonds. The largest absolute Gasteiger partial charge is 0.304 e. The van der Waals surface area contributed by atoms with Crippen LogP contribution in [0.5, 0.6) is 0 Å². The zero-order chi connectivity index (χ0) is 35.1. The van der Waals surface area contributed by atoms with Crippen molar-refractivity contribution < 1.29 is 37.9 Å². The minimum Gasteiger partial charge on any atom is -0.304 e. The van der Waals surface area contributed by atoms with Gasteiger partial charge in [-0.2, -0.15) is 17.9 Å². The SMILES string of the molecule is [2H]c1c(C([2H])([2H])[2H])cnc(-c2[c-]ccc3c2sc2nc(C([2H])([2H])[2H])ccc23)c1[2H].[2H]c1c(C([2H])([2H])[2H])cnc(C(=C)[C-]=CC=C)c1[2H].[Ir]. The van der Waals surface area contributed by atoms with Crippen LogP contribution in [0.2, 0.25) is 0 Å². The van der Waals surface area contributed by atoms with Crippen molar-refractivity contribution in [1.29, 1.82) is 0 Å². The fourth-order valence-corrected chi connectivity index (χ4v) is 4.12. The molecule has 5 rings (SSSR count). The molecule has 0 bridgehead atoms. The van der Waals surface area contributed by atoms with Crippen molar-refractivity contribution in [2.45, 2.75) is 20.6 Å². The van der Waals surface area contributed by atoms with Gasteiger partial charge in [-0.1, -0.05) is 35.6 Å². The van der Waals surface area contributed by atoms with Gasteiger partial charge in [0.1, 0.15) is 4.83 Å². The number of nitrogens with zero attached hydrogens (tertiary/aromatic N) is 3. The Kier molecular flexibility index (Phi) is 4.69. The molecule has 0 atom stereocenters. The summed E-state index contributed by atoms with van der Waals surface area (Å²) < 4.78 is 99.3. The van der Waals surface area contributed by atoms with Gasteiger partial charge in [0.25, 0.3) is 0 Å². The van der Waals surface area contributed by atoms with E-state index in [0.717, 1.165) is 23.2 Å². The second kappa shape index (κ2) is 11.9. The van der Waals surface area contributed by atoms with Crippen LogP contribution < -0.4 is 0 Å². The molecule has 1 aromatic carbocycles. The summed E-state index contributed by atoms with van der Waals surface area (Å²) in [7, 11) is 0. The predicted octanol–water partition coefficient (Wildman–Crippen LogP) is 7.87. The number of aromatic nitrogens is 3. The average Bonchev–Trinajstić information content (AvgIpc) is 3.35. The Morgan fingerprint density at radius 1 is 1.06 bits per heavy atom. The molecule has 4 aromatic heterocycles. The minimum atomic E-state index is -2.53. The number of allylic oxidation sites excluding steroid dienone is 4. The summed E-state index contributed by atoms with van der Waals surface area (Å²) in [4.78, 5) is 12.8. The first kappa shape index (κ1) is 13.7. The van der Waals surface area contributed by atoms with Crippen molar-refractivity contribution in [1.82, 2.24) is 15.0 Å². The van der Waals surface area contributed by atoms with E-state index in [1.54, 1.807) is 12.1 Å². The summed E-state index contributed by atoms with van der Waals surface area (Å²) in [6, 6.07) is 8.35. The van der Waals surface area contributed by atoms with E-state index in [-0.39, 0.29) is 66.4 Å². The molecule has 177 valence electrons. The normalized spacial score (nSPS) is 17.1. The van der Waals surface area contributed by atoms with E-state index < -0.39 is 26.6 Å². The number of fused-ring (bicyclic) bond motifs is 3. The van der Waals surface area contributed by atoms with Gasteiger partial charge in [-0.15, -0.1) is 54.1 Å². The Morgan fingerprint density at radius 2 is 1.86 bits per heavy atom. The van der Waals surface area contributed by atoms with Gasteiger partial charge in [-0.3, -0.25) is 0 Å². The summed E-state index contributed by atoms with van der Waals surface area (Å²) >= 11 is 1.25. The number of hydrogen-bond donors (Lipinski definition) is 0. The standard InChI is InChI=1S/C18H13N2S.C12H12N.Ir/c1-11-6-9-16(19-10-11)15-5-3-4-13-14-8-7-12(2)20-18(14)21-17(13)15;1-4-5-6-11(3)12-8-7-10(2)9-13-12;/h3-4,6-10H,1-2H3;4-5,7-9H,1,3H2,2H3;/q2*-1;/i1D3,2D3,6D,9D;2D3,7D,8D;. The van der Waals surface area contributed by atoms with Crippen LogP contribution in [0.4, 0.5) is 0 Å². The maximum atomic E-state index is 8.27. The molecule has 0 aliphatic rings. The molecule has 0 saturated carbocycles. The maximum Gasteiger partial charge on any atom is 0.113 e. The number of aryl methyl sites for hydroxylation is 3. The van der Waals surface area contributed by atoms with Crippen molar-refractivity contribution in [2.75, 3.05) is 0 Å². The van der Waals surface area contributed by atoms with Crippen LogP contribution in [-0.4, -0.2) is 15.0 Å². The van der Waals surface area contributed by atoms with Crippen LogP contribution >= 0.6 is 11.3 Å². The van der Waals surface area contributed by atoms with Crippen molar-refractivity contribution >= 4 is 37.2 Å². The fraction of sp³-hybridized carbons (Fsp3) is 0.100. The van der Waals surface area contributed by atoms with E-state index in [1.165, 1.54) is 29.6 Å². The molecule has 5 heteroatoms. The Hall–Kier alpha value is -3.24. The molecule has 4 heterocycles. The predicted molar refractivity (Wildman–Crippen MR) is 145 cm³/mol. The van der Waals surface area contributed by atoms with E-state index in [2.05, 4.69) is 40.3 Å². The second-order valence-corrected chi connectivity index (χ2v) is 7.81. The molecule has 0 unspecified atom stereocenters. The van der Waals surface area contributed by atoms with Gasteiger partial charge in [0.05, 0.1) is 5.48 Å². The number of benzene rings is 1. The Balaban J connectivity index is 0.000000286. The Labute approximate surface area is 242 Å². The molecular weight excluding hydrogens is 627 g/mol. The summed E-state index contributed by atoms with van der Waals surface area (Å²) in [5.74, 6) is 0. The van der Waals surface area contributed by atoms with Crippen molar-refractivity contribution in [3.05, 3.63) is 121 Å². The molecule has 0 aliphatic heterocycles. The number of thiophene rings is 1. The van der Waals surface area contributed by atoms with Crippen LogP contribution in [0.15, 0.2) is 86.1 Å². The molecular formula is C30H25IrN3S-2. The first-order chi connectivity index (χ1) is 21.8. The van der Waals surface area contributed by atoms with Gasteiger partial charge < -0.3 is 9.97 Å². The maximum absolute atomic E-state index is 8.27. The molecule has 0 fully saturated rings. The van der Waals surface area contributed by atoms with Gasteiger partial charge in [0.15, 0.2) is 0 Å². The fourth-order valence-electron chi connectivity index (χ4n) is 2.95. The molecule has 5 aromatic rings. The summed E-state index contributed by atoms with van der Waals surface area (Å²) in [6.45, 7) is -0.155. The van der Waals surface area contributed by atoms with Crippen molar-refractivity contribution in [3.8, 4) is 11.3 Å². The summed E-state index contributed by atoms with van der Waals surface area (Å²) in [6.07, 6.45) is 7.92. The van der Waals surface area contributed by atoms with E-state index in [0.29, 0.717) is 20.7 Å². The number of pyridine rings is 3. The third-order valence-corrected chi connectivity index (χ3v) is 5.61. The van der Waals surface area contributed by atoms with Gasteiger partial charge >= 0.3 is 0 Å². The third kappa shape index (κ3) is 6.26. The zero-order valence-electron chi connectivity index (χ0n) is 31.1. The third-order valence-electron chi connectivity index (χ3n) is 4.47. The molecule has 0 N–H and O–H groups in total. The summed E-state index contributed by atoms with van der Waals surface area (Å²) in [5, 5.41) is 1.57. The molecule has 35 heavy (non-hydrogen) atoms. The number of hydrogen-bond acceptors (Lipinski definition) is 4. The summed E-state index contributed by atoms with van der Waals surface area (Å²) in [5.41, 5.74) is 0.539. The monoisotopic (exact) mass is 665 g/mol. The quantitative estimate of drug-likeness (QED) is 0.145. The second-order valence-electron chi connectivity index (χ2n) is 6.81. The molecule has 1 radical (unpaired) electrons. The van der Waals surface area contributed by atoms with Gasteiger partial charge in [0, 0.05) is 50.5 Å². The van der Waals surface area contributed by atoms with Gasteiger partial charge in [-0.25, -0.2) is 4.98 Å². The van der Waals surface area contributed by atoms with E-state index in [9.17, 15) is 0 Å². The van der Waals surface area contributed by atoms with Crippen LogP contribution in [0, 0.1) is 32.7 Å². The Bertz CT molecular complexity index is 2050. The van der Waals surface area contributed by atoms with Gasteiger partial charge in [0.2, 0.25) is 0 Å². The zero-order valence-corrected chi connectivity index (χ0v) is 21.3. The van der Waals surface area contributed by atoms with E-state index in [1.807, 2.05) is 6.07 Å². The minimum absolute atomic E-state index is 0.